The lowest BCUT2D eigenvalue weighted by Gasteiger charge is -2.52. The fraction of sp³-hybridized carbons (Fsp3) is 0.438. The molecule has 2 heterocycles. The van der Waals surface area contributed by atoms with Crippen molar-refractivity contribution in [3.8, 4) is 5.75 Å². The number of nitrogens with zero attached hydrogens (tertiary/aromatic N) is 2. The second kappa shape index (κ2) is 6.60. The minimum absolute atomic E-state index is 0.206. The van der Waals surface area contributed by atoms with Gasteiger partial charge in [0.2, 0.25) is 10.0 Å². The van der Waals surface area contributed by atoms with Crippen molar-refractivity contribution in [3.63, 3.8) is 0 Å². The lowest BCUT2D eigenvalue weighted by Crippen LogP contribution is -2.71. The van der Waals surface area contributed by atoms with Crippen LogP contribution >= 0.6 is 11.6 Å². The van der Waals surface area contributed by atoms with Gasteiger partial charge in [0.1, 0.15) is 11.4 Å². The Kier molecular flexibility index (Phi) is 4.80. The van der Waals surface area contributed by atoms with Gasteiger partial charge in [0.05, 0.1) is 25.8 Å². The summed E-state index contributed by atoms with van der Waals surface area (Å²) >= 11 is 6.00. The summed E-state index contributed by atoms with van der Waals surface area (Å²) in [6.45, 7) is 4.81. The molecule has 0 atom stereocenters. The molecular weight excluding hydrogens is 368 g/mol. The molecule has 2 aliphatic heterocycles. The van der Waals surface area contributed by atoms with E-state index >= 15 is 0 Å². The van der Waals surface area contributed by atoms with Crippen molar-refractivity contribution in [2.24, 2.45) is 0 Å². The number of benzene rings is 1. The molecule has 0 aliphatic carbocycles. The van der Waals surface area contributed by atoms with E-state index < -0.39 is 15.6 Å². The number of carbonyl (C=O) groups is 1. The van der Waals surface area contributed by atoms with Crippen molar-refractivity contribution in [1.29, 1.82) is 0 Å². The van der Waals surface area contributed by atoms with Crippen molar-refractivity contribution in [2.75, 3.05) is 39.9 Å². The summed E-state index contributed by atoms with van der Waals surface area (Å²) in [5.41, 5.74) is -0.294. The van der Waals surface area contributed by atoms with Gasteiger partial charge in [-0.3, -0.25) is 4.79 Å². The number of sulfonamides is 1. The molecule has 25 heavy (non-hydrogen) atoms. The van der Waals surface area contributed by atoms with Crippen LogP contribution in [0.3, 0.4) is 0 Å². The van der Waals surface area contributed by atoms with E-state index in [0.717, 1.165) is 5.41 Å². The minimum Gasteiger partial charge on any atom is -0.496 e. The molecule has 3 rings (SSSR count). The van der Waals surface area contributed by atoms with Gasteiger partial charge in [0.25, 0.3) is 5.91 Å². The summed E-state index contributed by atoms with van der Waals surface area (Å²) in [7, 11) is -1.98. The van der Waals surface area contributed by atoms with E-state index in [1.807, 2.05) is 0 Å². The molecule has 9 heteroatoms. The maximum absolute atomic E-state index is 12.9. The molecule has 1 aromatic rings. The van der Waals surface area contributed by atoms with E-state index in [-0.39, 0.29) is 19.0 Å². The van der Waals surface area contributed by atoms with Crippen LogP contribution in [0.2, 0.25) is 5.02 Å². The molecular formula is C16H19ClN2O5S. The Balaban J connectivity index is 1.76. The first-order chi connectivity index (χ1) is 11.8. The van der Waals surface area contributed by atoms with Gasteiger partial charge in [0.15, 0.2) is 0 Å². The molecule has 2 aliphatic rings. The maximum atomic E-state index is 12.9. The van der Waals surface area contributed by atoms with E-state index in [4.69, 9.17) is 21.1 Å². The monoisotopic (exact) mass is 386 g/mol. The molecule has 7 nitrogen and oxygen atoms in total. The average Bonchev–Trinajstić information content (AvgIpc) is 2.59. The Labute approximate surface area is 151 Å². The van der Waals surface area contributed by atoms with Gasteiger partial charge in [-0.25, -0.2) is 8.42 Å². The van der Waals surface area contributed by atoms with Crippen LogP contribution in [0.25, 0.3) is 0 Å². The quantitative estimate of drug-likeness (QED) is 0.780. The number of halogens is 1. The Morgan fingerprint density at radius 2 is 2.12 bits per heavy atom. The first-order valence-electron chi connectivity index (χ1n) is 7.70. The fourth-order valence-corrected chi connectivity index (χ4v) is 4.32. The molecule has 0 radical (unpaired) electrons. The second-order valence-electron chi connectivity index (χ2n) is 6.08. The van der Waals surface area contributed by atoms with Crippen molar-refractivity contribution in [2.45, 2.75) is 5.60 Å². The van der Waals surface area contributed by atoms with Crippen LogP contribution in [0.4, 0.5) is 0 Å². The summed E-state index contributed by atoms with van der Waals surface area (Å²) in [6, 6.07) is 4.87. The number of methoxy groups -OCH3 is 1. The minimum atomic E-state index is -3.47. The molecule has 136 valence electrons. The van der Waals surface area contributed by atoms with Gasteiger partial charge in [-0.2, -0.15) is 4.31 Å². The SMILES string of the molecule is C=CS(=O)(=O)N1CC2(CN(C(=O)c3cc(Cl)ccc3OC)CCO2)C1. The van der Waals surface area contributed by atoms with Crippen molar-refractivity contribution >= 4 is 27.5 Å². The highest BCUT2D eigenvalue weighted by Gasteiger charge is 2.51. The Morgan fingerprint density at radius 1 is 1.40 bits per heavy atom. The van der Waals surface area contributed by atoms with Gasteiger partial charge in [0, 0.05) is 30.1 Å². The number of amides is 1. The molecule has 0 N–H and O–H groups in total. The lowest BCUT2D eigenvalue weighted by atomic mass is 9.94. The number of rotatable bonds is 4. The Bertz CT molecular complexity index is 805. The molecule has 0 saturated carbocycles. The van der Waals surface area contributed by atoms with Gasteiger partial charge in [-0.15, -0.1) is 0 Å². The average molecular weight is 387 g/mol. The van der Waals surface area contributed by atoms with Crippen LogP contribution in [-0.2, 0) is 14.8 Å². The smallest absolute Gasteiger partial charge is 0.257 e. The molecule has 1 aromatic carbocycles. The molecule has 1 spiro atoms. The number of morpholine rings is 1. The predicted molar refractivity (Wildman–Crippen MR) is 93.3 cm³/mol. The topological polar surface area (TPSA) is 76.2 Å². The first-order valence-corrected chi connectivity index (χ1v) is 9.58. The molecule has 1 amide bonds. The summed E-state index contributed by atoms with van der Waals surface area (Å²) in [6.07, 6.45) is 0. The molecule has 0 aromatic heterocycles. The van der Waals surface area contributed by atoms with Gasteiger partial charge in [-0.1, -0.05) is 18.2 Å². The van der Waals surface area contributed by atoms with Crippen LogP contribution in [0.1, 0.15) is 10.4 Å². The van der Waals surface area contributed by atoms with Crippen molar-refractivity contribution in [3.05, 3.63) is 40.8 Å². The van der Waals surface area contributed by atoms with E-state index in [1.54, 1.807) is 23.1 Å². The maximum Gasteiger partial charge on any atom is 0.257 e. The van der Waals surface area contributed by atoms with E-state index in [9.17, 15) is 13.2 Å². The highest BCUT2D eigenvalue weighted by Crippen LogP contribution is 2.33. The highest BCUT2D eigenvalue weighted by atomic mass is 35.5. The predicted octanol–water partition coefficient (Wildman–Crippen LogP) is 1.35. The van der Waals surface area contributed by atoms with Gasteiger partial charge >= 0.3 is 0 Å². The number of hydrogen-bond acceptors (Lipinski definition) is 5. The van der Waals surface area contributed by atoms with Gasteiger partial charge in [-0.05, 0) is 18.2 Å². The van der Waals surface area contributed by atoms with Crippen LogP contribution in [0.15, 0.2) is 30.2 Å². The molecule has 0 bridgehead atoms. The Hall–Kier alpha value is -1.61. The standard InChI is InChI=1S/C16H19ClN2O5S/c1-3-25(21,22)19-10-16(11-19)9-18(6-7-24-16)15(20)13-8-12(17)4-5-14(13)23-2/h3-5,8H,1,6-7,9-11H2,2H3. The third kappa shape index (κ3) is 3.39. The third-order valence-electron chi connectivity index (χ3n) is 4.43. The highest BCUT2D eigenvalue weighted by molar-refractivity contribution is 7.92. The Morgan fingerprint density at radius 3 is 2.76 bits per heavy atom. The first kappa shape index (κ1) is 18.2. The molecule has 0 unspecified atom stereocenters. The van der Waals surface area contributed by atoms with Crippen LogP contribution < -0.4 is 4.74 Å². The zero-order valence-electron chi connectivity index (χ0n) is 13.8. The number of ether oxygens (including phenoxy) is 2. The summed E-state index contributed by atoms with van der Waals surface area (Å²) in [4.78, 5) is 14.5. The summed E-state index contributed by atoms with van der Waals surface area (Å²) < 4.78 is 35.9. The molecule has 2 fully saturated rings. The zero-order chi connectivity index (χ0) is 18.2. The second-order valence-corrected chi connectivity index (χ2v) is 8.40. The van der Waals surface area contributed by atoms with Crippen molar-refractivity contribution < 1.29 is 22.7 Å². The zero-order valence-corrected chi connectivity index (χ0v) is 15.3. The van der Waals surface area contributed by atoms with Crippen LogP contribution in [0, 0.1) is 0 Å². The van der Waals surface area contributed by atoms with Crippen molar-refractivity contribution in [1.82, 2.24) is 9.21 Å². The van der Waals surface area contributed by atoms with Crippen LogP contribution in [0.5, 0.6) is 5.75 Å². The van der Waals surface area contributed by atoms with Crippen LogP contribution in [-0.4, -0.2) is 69.0 Å². The summed E-state index contributed by atoms with van der Waals surface area (Å²) in [5, 5.41) is 1.36. The fourth-order valence-electron chi connectivity index (χ4n) is 3.11. The van der Waals surface area contributed by atoms with Gasteiger partial charge < -0.3 is 14.4 Å². The molecule has 2 saturated heterocycles. The third-order valence-corrected chi connectivity index (χ3v) is 6.06. The largest absolute Gasteiger partial charge is 0.496 e. The van der Waals surface area contributed by atoms with E-state index in [1.165, 1.54) is 11.4 Å². The van der Waals surface area contributed by atoms with E-state index in [0.29, 0.717) is 36.0 Å². The normalized spacial score (nSPS) is 20.2. The van der Waals surface area contributed by atoms with E-state index in [2.05, 4.69) is 6.58 Å². The lowest BCUT2D eigenvalue weighted by molar-refractivity contribution is -0.154. The number of hydrogen-bond donors (Lipinski definition) is 0. The summed E-state index contributed by atoms with van der Waals surface area (Å²) in [5.74, 6) is 0.228. The number of carbonyl (C=O) groups excluding carboxylic acids is 1.